The monoisotopic (exact) mass is 407 g/mol. The highest BCUT2D eigenvalue weighted by atomic mass is 32.1. The first-order valence-corrected chi connectivity index (χ1v) is 10.1. The minimum Gasteiger partial charge on any atom is -0.349 e. The van der Waals surface area contributed by atoms with Gasteiger partial charge in [0.05, 0.1) is 34.7 Å². The molecule has 5 nitrogen and oxygen atoms in total. The Bertz CT molecular complexity index is 1140. The van der Waals surface area contributed by atoms with Crippen molar-refractivity contribution in [2.45, 2.75) is 25.7 Å². The summed E-state index contributed by atoms with van der Waals surface area (Å²) in [4.78, 5) is 28.6. The van der Waals surface area contributed by atoms with Gasteiger partial charge in [0.1, 0.15) is 10.8 Å². The summed E-state index contributed by atoms with van der Waals surface area (Å²) in [5.74, 6) is -0.688. The number of fused-ring (bicyclic) bond motifs is 1. The van der Waals surface area contributed by atoms with Gasteiger partial charge in [0.25, 0.3) is 0 Å². The number of amides is 1. The number of benzene rings is 2. The fourth-order valence-corrected chi connectivity index (χ4v) is 4.22. The topological polar surface area (TPSA) is 82.9 Å². The molecule has 1 amide bonds. The van der Waals surface area contributed by atoms with Gasteiger partial charge in [0.15, 0.2) is 5.78 Å². The van der Waals surface area contributed by atoms with Crippen molar-refractivity contribution in [1.82, 2.24) is 10.3 Å². The van der Waals surface area contributed by atoms with Crippen LogP contribution in [-0.4, -0.2) is 23.2 Å². The number of halogens is 1. The highest BCUT2D eigenvalue weighted by Crippen LogP contribution is 2.48. The molecule has 1 saturated carbocycles. The molecular formula is C22H18FN3O2S. The van der Waals surface area contributed by atoms with Crippen LogP contribution >= 0.6 is 11.3 Å². The molecule has 0 spiro atoms. The Labute approximate surface area is 171 Å². The summed E-state index contributed by atoms with van der Waals surface area (Å²) in [5.41, 5.74) is 1.95. The van der Waals surface area contributed by atoms with Crippen LogP contribution in [0.1, 0.15) is 24.3 Å². The summed E-state index contributed by atoms with van der Waals surface area (Å²) in [7, 11) is 0. The predicted molar refractivity (Wildman–Crippen MR) is 109 cm³/mol. The Morgan fingerprint density at radius 1 is 1.21 bits per heavy atom. The average Bonchev–Trinajstić information content (AvgIpc) is 3.36. The molecule has 0 atom stereocenters. The predicted octanol–water partition coefficient (Wildman–Crippen LogP) is 4.02. The van der Waals surface area contributed by atoms with Crippen molar-refractivity contribution in [3.05, 3.63) is 53.3 Å². The molecule has 0 unspecified atom stereocenters. The molecule has 0 saturated heterocycles. The maximum absolute atomic E-state index is 13.5. The van der Waals surface area contributed by atoms with E-state index in [4.69, 9.17) is 5.26 Å². The number of hydrogen-bond acceptors (Lipinski definition) is 5. The Morgan fingerprint density at radius 3 is 2.72 bits per heavy atom. The SMILES string of the molecule is N#CC1(CC(=O)CNC(=O)Cc2nc3ccc(-c4cccc(F)c4)cc3s2)CC1. The standard InChI is InChI=1S/C22H18FN3O2S/c23-16-3-1-2-14(8-16)15-4-5-18-19(9-15)29-21(26-18)10-20(28)25-12-17(27)11-22(13-24)6-7-22/h1-5,8-9H,6-7,10-12H2,(H,25,28). The number of carbonyl (C=O) groups excluding carboxylic acids is 2. The van der Waals surface area contributed by atoms with Gasteiger partial charge in [-0.25, -0.2) is 9.37 Å². The fourth-order valence-electron chi connectivity index (χ4n) is 3.21. The van der Waals surface area contributed by atoms with Crippen molar-refractivity contribution >= 4 is 33.2 Å². The second-order valence-corrected chi connectivity index (χ2v) is 8.48. The lowest BCUT2D eigenvalue weighted by Crippen LogP contribution is -2.31. The lowest BCUT2D eigenvalue weighted by molar-refractivity contribution is -0.125. The second kappa shape index (κ2) is 7.72. The Kier molecular flexibility index (Phi) is 5.12. The van der Waals surface area contributed by atoms with Crippen molar-refractivity contribution in [3.63, 3.8) is 0 Å². The highest BCUT2D eigenvalue weighted by Gasteiger charge is 2.44. The molecule has 1 heterocycles. The zero-order valence-electron chi connectivity index (χ0n) is 15.6. The van der Waals surface area contributed by atoms with E-state index in [1.807, 2.05) is 24.3 Å². The van der Waals surface area contributed by atoms with Crippen molar-refractivity contribution < 1.29 is 14.0 Å². The molecule has 29 heavy (non-hydrogen) atoms. The first-order valence-electron chi connectivity index (χ1n) is 9.31. The quantitative estimate of drug-likeness (QED) is 0.641. The zero-order valence-corrected chi connectivity index (χ0v) is 16.4. The molecule has 0 radical (unpaired) electrons. The van der Waals surface area contributed by atoms with E-state index in [0.717, 1.165) is 34.2 Å². The summed E-state index contributed by atoms with van der Waals surface area (Å²) in [6.07, 6.45) is 1.80. The van der Waals surface area contributed by atoms with Crippen LogP contribution in [0.4, 0.5) is 4.39 Å². The smallest absolute Gasteiger partial charge is 0.227 e. The van der Waals surface area contributed by atoms with E-state index in [1.165, 1.54) is 23.5 Å². The summed E-state index contributed by atoms with van der Waals surface area (Å²) in [6.45, 7) is -0.0587. The van der Waals surface area contributed by atoms with Crippen LogP contribution in [0.3, 0.4) is 0 Å². The van der Waals surface area contributed by atoms with Crippen LogP contribution in [0.5, 0.6) is 0 Å². The van der Waals surface area contributed by atoms with Crippen molar-refractivity contribution in [2.24, 2.45) is 5.41 Å². The molecule has 1 N–H and O–H groups in total. The van der Waals surface area contributed by atoms with Crippen LogP contribution in [0.25, 0.3) is 21.3 Å². The number of hydrogen-bond donors (Lipinski definition) is 1. The normalized spacial score (nSPS) is 14.3. The van der Waals surface area contributed by atoms with Gasteiger partial charge in [0, 0.05) is 6.42 Å². The van der Waals surface area contributed by atoms with Gasteiger partial charge in [-0.15, -0.1) is 11.3 Å². The third kappa shape index (κ3) is 4.49. The number of aromatic nitrogens is 1. The molecule has 1 aliphatic carbocycles. The summed E-state index contributed by atoms with van der Waals surface area (Å²) in [6, 6.07) is 14.2. The Balaban J connectivity index is 1.38. The molecule has 2 aromatic carbocycles. The number of nitrogens with one attached hydrogen (secondary N) is 1. The largest absolute Gasteiger partial charge is 0.349 e. The zero-order chi connectivity index (χ0) is 20.4. The maximum atomic E-state index is 13.5. The fraction of sp³-hybridized carbons (Fsp3) is 0.273. The van der Waals surface area contributed by atoms with Gasteiger partial charge in [0.2, 0.25) is 5.91 Å². The number of nitrogens with zero attached hydrogens (tertiary/aromatic N) is 2. The van der Waals surface area contributed by atoms with E-state index in [-0.39, 0.29) is 36.9 Å². The molecule has 1 aromatic heterocycles. The molecule has 7 heteroatoms. The van der Waals surface area contributed by atoms with Gasteiger partial charge < -0.3 is 5.32 Å². The lowest BCUT2D eigenvalue weighted by Gasteiger charge is -2.06. The van der Waals surface area contributed by atoms with Crippen LogP contribution in [0, 0.1) is 22.6 Å². The third-order valence-electron chi connectivity index (χ3n) is 5.01. The molecular weight excluding hydrogens is 389 g/mol. The first-order chi connectivity index (χ1) is 14.0. The van der Waals surface area contributed by atoms with E-state index in [1.54, 1.807) is 6.07 Å². The lowest BCUT2D eigenvalue weighted by atomic mass is 10.0. The molecule has 1 fully saturated rings. The van der Waals surface area contributed by atoms with Crippen LogP contribution in [-0.2, 0) is 16.0 Å². The van der Waals surface area contributed by atoms with E-state index >= 15 is 0 Å². The average molecular weight is 407 g/mol. The molecule has 4 rings (SSSR count). The number of ketones is 1. The third-order valence-corrected chi connectivity index (χ3v) is 6.03. The molecule has 0 aliphatic heterocycles. The van der Waals surface area contributed by atoms with Gasteiger partial charge in [-0.3, -0.25) is 9.59 Å². The van der Waals surface area contributed by atoms with Gasteiger partial charge in [-0.2, -0.15) is 5.26 Å². The number of Topliss-reactive ketones (excluding diaryl/α,β-unsaturated/α-hetero) is 1. The summed E-state index contributed by atoms with van der Waals surface area (Å²) < 4.78 is 14.4. The van der Waals surface area contributed by atoms with E-state index in [2.05, 4.69) is 16.4 Å². The first kappa shape index (κ1) is 19.2. The van der Waals surface area contributed by atoms with Gasteiger partial charge in [-0.1, -0.05) is 18.2 Å². The van der Waals surface area contributed by atoms with E-state index in [9.17, 15) is 14.0 Å². The Morgan fingerprint density at radius 2 is 2.00 bits per heavy atom. The second-order valence-electron chi connectivity index (χ2n) is 7.36. The molecule has 1 aliphatic rings. The molecule has 3 aromatic rings. The number of thiazole rings is 1. The van der Waals surface area contributed by atoms with E-state index < -0.39 is 5.41 Å². The van der Waals surface area contributed by atoms with Crippen molar-refractivity contribution in [2.75, 3.05) is 6.54 Å². The van der Waals surface area contributed by atoms with Crippen molar-refractivity contribution in [1.29, 1.82) is 5.26 Å². The summed E-state index contributed by atoms with van der Waals surface area (Å²) >= 11 is 1.40. The Hall–Kier alpha value is -3.11. The number of nitriles is 1. The number of rotatable bonds is 7. The molecule has 0 bridgehead atoms. The number of carbonyl (C=O) groups is 2. The van der Waals surface area contributed by atoms with E-state index in [0.29, 0.717) is 5.01 Å². The van der Waals surface area contributed by atoms with Crippen LogP contribution in [0.2, 0.25) is 0 Å². The van der Waals surface area contributed by atoms with Crippen molar-refractivity contribution in [3.8, 4) is 17.2 Å². The minimum absolute atomic E-state index is 0.0587. The summed E-state index contributed by atoms with van der Waals surface area (Å²) in [5, 5.41) is 12.3. The van der Waals surface area contributed by atoms with Crippen LogP contribution < -0.4 is 5.32 Å². The highest BCUT2D eigenvalue weighted by molar-refractivity contribution is 7.18. The van der Waals surface area contributed by atoms with Crippen LogP contribution in [0.15, 0.2) is 42.5 Å². The van der Waals surface area contributed by atoms with Gasteiger partial charge in [-0.05, 0) is 48.2 Å². The maximum Gasteiger partial charge on any atom is 0.227 e. The van der Waals surface area contributed by atoms with Gasteiger partial charge >= 0.3 is 0 Å². The molecule has 146 valence electrons. The minimum atomic E-state index is -0.492.